The zero-order chi connectivity index (χ0) is 17.0. The average Bonchev–Trinajstić information content (AvgIpc) is 3.30. The highest BCUT2D eigenvalue weighted by atomic mass is 35.5. The molecule has 1 aliphatic rings. The molecule has 124 valence electrons. The molecule has 4 heterocycles. The van der Waals surface area contributed by atoms with Gasteiger partial charge in [-0.05, 0) is 43.2 Å². The molecular weight excluding hydrogens is 341 g/mol. The molecule has 0 N–H and O–H groups in total. The highest BCUT2D eigenvalue weighted by Crippen LogP contribution is 2.39. The van der Waals surface area contributed by atoms with Gasteiger partial charge in [-0.1, -0.05) is 11.6 Å². The first kappa shape index (κ1) is 14.6. The van der Waals surface area contributed by atoms with Gasteiger partial charge in [0.1, 0.15) is 17.8 Å². The van der Waals surface area contributed by atoms with Crippen molar-refractivity contribution in [3.05, 3.63) is 59.4 Å². The first-order valence-electron chi connectivity index (χ1n) is 8.05. The highest BCUT2D eigenvalue weighted by molar-refractivity contribution is 6.30. The molecule has 1 aliphatic heterocycles. The third kappa shape index (κ3) is 2.25. The normalized spacial score (nSPS) is 13.5. The summed E-state index contributed by atoms with van der Waals surface area (Å²) < 4.78 is 18.2. The van der Waals surface area contributed by atoms with Crippen LogP contribution in [0.15, 0.2) is 42.9 Å². The van der Waals surface area contributed by atoms with Crippen molar-refractivity contribution in [1.82, 2.24) is 24.4 Å². The number of aromatic nitrogens is 5. The molecule has 0 aliphatic carbocycles. The lowest BCUT2D eigenvalue weighted by atomic mass is 9.98. The summed E-state index contributed by atoms with van der Waals surface area (Å²) in [6, 6.07) is 8.44. The van der Waals surface area contributed by atoms with Crippen molar-refractivity contribution < 1.29 is 4.39 Å². The fraction of sp³-hybridized carbons (Fsp3) is 0.167. The Morgan fingerprint density at radius 2 is 2.08 bits per heavy atom. The molecule has 4 aromatic rings. The molecule has 25 heavy (non-hydrogen) atoms. The van der Waals surface area contributed by atoms with Crippen LogP contribution in [0.5, 0.6) is 0 Å². The van der Waals surface area contributed by atoms with Crippen LogP contribution in [0, 0.1) is 5.82 Å². The molecule has 7 heteroatoms. The van der Waals surface area contributed by atoms with Crippen molar-refractivity contribution in [3.63, 3.8) is 0 Å². The van der Waals surface area contributed by atoms with Gasteiger partial charge < -0.3 is 0 Å². The van der Waals surface area contributed by atoms with E-state index in [1.807, 2.05) is 23.0 Å². The molecule has 0 bridgehead atoms. The fourth-order valence-electron chi connectivity index (χ4n) is 3.47. The first-order chi connectivity index (χ1) is 12.2. The summed E-state index contributed by atoms with van der Waals surface area (Å²) in [5.41, 5.74) is 4.81. The van der Waals surface area contributed by atoms with Crippen molar-refractivity contribution in [2.75, 3.05) is 0 Å². The van der Waals surface area contributed by atoms with Gasteiger partial charge in [0, 0.05) is 40.1 Å². The third-order valence-corrected chi connectivity index (χ3v) is 4.82. The Morgan fingerprint density at radius 1 is 1.16 bits per heavy atom. The van der Waals surface area contributed by atoms with Crippen molar-refractivity contribution >= 4 is 17.2 Å². The van der Waals surface area contributed by atoms with Gasteiger partial charge in [0.25, 0.3) is 0 Å². The number of rotatable bonds is 2. The summed E-state index contributed by atoms with van der Waals surface area (Å²) in [5.74, 6) is -0.329. The Hall–Kier alpha value is -2.73. The predicted octanol–water partition coefficient (Wildman–Crippen LogP) is 4.00. The van der Waals surface area contributed by atoms with E-state index in [0.717, 1.165) is 41.9 Å². The molecule has 0 amide bonds. The number of hydrogen-bond donors (Lipinski definition) is 0. The van der Waals surface area contributed by atoms with Crippen molar-refractivity contribution in [3.8, 4) is 22.4 Å². The molecule has 0 radical (unpaired) electrons. The number of nitrogens with zero attached hydrogens (tertiary/aromatic N) is 5. The number of benzene rings is 1. The molecule has 0 unspecified atom stereocenters. The lowest BCUT2D eigenvalue weighted by Crippen LogP contribution is -1.94. The van der Waals surface area contributed by atoms with Crippen LogP contribution in [0.25, 0.3) is 28.0 Å². The molecular formula is C18H13ClFN5. The predicted molar refractivity (Wildman–Crippen MR) is 92.9 cm³/mol. The van der Waals surface area contributed by atoms with E-state index in [1.165, 1.54) is 12.4 Å². The number of aryl methyl sites for hydroxylation is 1. The van der Waals surface area contributed by atoms with Gasteiger partial charge in [-0.15, -0.1) is 0 Å². The van der Waals surface area contributed by atoms with E-state index < -0.39 is 0 Å². The molecule has 0 saturated carbocycles. The minimum Gasteiger partial charge on any atom is -0.268 e. The lowest BCUT2D eigenvalue weighted by Gasteiger charge is -2.07. The van der Waals surface area contributed by atoms with Gasteiger partial charge in [0.15, 0.2) is 5.65 Å². The standard InChI is InChI=1S/C18H13ClFN5/c19-12-4-5-14(20)13(8-12)18-17(15-2-1-7-24(15)23-18)11-3-6-16-21-10-22-25(16)9-11/h3-6,8-10H,1-2,7H2. The summed E-state index contributed by atoms with van der Waals surface area (Å²) in [6.45, 7) is 0.843. The maximum absolute atomic E-state index is 14.5. The first-order valence-corrected chi connectivity index (χ1v) is 8.43. The van der Waals surface area contributed by atoms with Crippen molar-refractivity contribution in [2.45, 2.75) is 19.4 Å². The lowest BCUT2D eigenvalue weighted by molar-refractivity contribution is 0.627. The maximum Gasteiger partial charge on any atom is 0.155 e. The molecule has 5 rings (SSSR count). The minimum atomic E-state index is -0.329. The summed E-state index contributed by atoms with van der Waals surface area (Å²) in [5, 5.41) is 9.37. The average molecular weight is 354 g/mol. The van der Waals surface area contributed by atoms with Crippen LogP contribution >= 0.6 is 11.6 Å². The molecule has 0 saturated heterocycles. The van der Waals surface area contributed by atoms with E-state index in [1.54, 1.807) is 16.6 Å². The molecule has 5 nitrogen and oxygen atoms in total. The van der Waals surface area contributed by atoms with Gasteiger partial charge in [0.2, 0.25) is 0 Å². The summed E-state index contributed by atoms with van der Waals surface area (Å²) in [4.78, 5) is 4.17. The smallest absolute Gasteiger partial charge is 0.155 e. The summed E-state index contributed by atoms with van der Waals surface area (Å²) >= 11 is 6.10. The maximum atomic E-state index is 14.5. The van der Waals surface area contributed by atoms with E-state index in [0.29, 0.717) is 16.3 Å². The molecule has 0 spiro atoms. The monoisotopic (exact) mass is 353 g/mol. The number of fused-ring (bicyclic) bond motifs is 2. The summed E-state index contributed by atoms with van der Waals surface area (Å²) in [6.07, 6.45) is 5.38. The van der Waals surface area contributed by atoms with Crippen LogP contribution in [-0.2, 0) is 13.0 Å². The Balaban J connectivity index is 1.79. The largest absolute Gasteiger partial charge is 0.268 e. The van der Waals surface area contributed by atoms with Crippen LogP contribution in [0.4, 0.5) is 4.39 Å². The van der Waals surface area contributed by atoms with E-state index in [4.69, 9.17) is 11.6 Å². The zero-order valence-electron chi connectivity index (χ0n) is 13.2. The van der Waals surface area contributed by atoms with E-state index in [9.17, 15) is 4.39 Å². The minimum absolute atomic E-state index is 0.329. The van der Waals surface area contributed by atoms with Gasteiger partial charge in [-0.2, -0.15) is 10.2 Å². The Morgan fingerprint density at radius 3 is 3.00 bits per heavy atom. The van der Waals surface area contributed by atoms with Gasteiger partial charge in [0.05, 0.1) is 0 Å². The van der Waals surface area contributed by atoms with E-state index in [-0.39, 0.29) is 5.82 Å². The van der Waals surface area contributed by atoms with Crippen LogP contribution in [0.3, 0.4) is 0 Å². The van der Waals surface area contributed by atoms with Gasteiger partial charge in [-0.3, -0.25) is 4.68 Å². The van der Waals surface area contributed by atoms with Gasteiger partial charge >= 0.3 is 0 Å². The number of pyridine rings is 1. The van der Waals surface area contributed by atoms with E-state index in [2.05, 4.69) is 15.2 Å². The zero-order valence-corrected chi connectivity index (χ0v) is 13.9. The second-order valence-corrected chi connectivity index (χ2v) is 6.54. The van der Waals surface area contributed by atoms with Crippen LogP contribution in [-0.4, -0.2) is 24.4 Å². The number of halogens is 2. The van der Waals surface area contributed by atoms with E-state index >= 15 is 0 Å². The molecule has 0 fully saturated rings. The second kappa shape index (κ2) is 5.39. The van der Waals surface area contributed by atoms with Gasteiger partial charge in [-0.25, -0.2) is 13.9 Å². The summed E-state index contributed by atoms with van der Waals surface area (Å²) in [7, 11) is 0. The fourth-order valence-corrected chi connectivity index (χ4v) is 3.64. The molecule has 1 aromatic carbocycles. The number of hydrogen-bond acceptors (Lipinski definition) is 3. The SMILES string of the molecule is Fc1ccc(Cl)cc1-c1nn2c(c1-c1ccc3ncnn3c1)CCC2. The van der Waals surface area contributed by atoms with Crippen LogP contribution < -0.4 is 0 Å². The third-order valence-electron chi connectivity index (χ3n) is 4.59. The highest BCUT2D eigenvalue weighted by Gasteiger charge is 2.25. The molecule has 0 atom stereocenters. The van der Waals surface area contributed by atoms with Crippen molar-refractivity contribution in [2.24, 2.45) is 0 Å². The van der Waals surface area contributed by atoms with Crippen molar-refractivity contribution in [1.29, 1.82) is 0 Å². The van der Waals surface area contributed by atoms with Crippen LogP contribution in [0.1, 0.15) is 12.1 Å². The Kier molecular flexibility index (Phi) is 3.15. The Labute approximate surface area is 147 Å². The topological polar surface area (TPSA) is 48.0 Å². The Bertz CT molecular complexity index is 1110. The second-order valence-electron chi connectivity index (χ2n) is 6.10. The van der Waals surface area contributed by atoms with Crippen LogP contribution in [0.2, 0.25) is 5.02 Å². The molecule has 3 aromatic heterocycles. The quantitative estimate of drug-likeness (QED) is 0.547.